The highest BCUT2D eigenvalue weighted by Crippen LogP contribution is 2.34. The Balaban J connectivity index is 1.83. The molecule has 9 heteroatoms. The smallest absolute Gasteiger partial charge is 0.421 e. The van der Waals surface area contributed by atoms with E-state index in [1.165, 1.54) is 12.3 Å². The fraction of sp³-hybridized carbons (Fsp3) is 0.667. The van der Waals surface area contributed by atoms with Crippen LogP contribution in [0.25, 0.3) is 0 Å². The number of guanidine groups is 1. The van der Waals surface area contributed by atoms with E-state index >= 15 is 0 Å². The Morgan fingerprint density at radius 2 is 2.15 bits per heavy atom. The van der Waals surface area contributed by atoms with Crippen LogP contribution in [0.2, 0.25) is 0 Å². The van der Waals surface area contributed by atoms with Crippen molar-refractivity contribution in [1.29, 1.82) is 0 Å². The van der Waals surface area contributed by atoms with Gasteiger partial charge in [0.15, 0.2) is 5.96 Å². The van der Waals surface area contributed by atoms with Crippen LogP contribution in [0.1, 0.15) is 25.8 Å². The number of pyridine rings is 1. The molecule has 1 saturated heterocycles. The van der Waals surface area contributed by atoms with Crippen LogP contribution in [-0.2, 0) is 6.18 Å². The average molecular weight is 387 g/mol. The van der Waals surface area contributed by atoms with Crippen molar-refractivity contribution in [2.75, 3.05) is 46.4 Å². The van der Waals surface area contributed by atoms with E-state index in [4.69, 9.17) is 4.74 Å². The SMILES string of the molecule is CCN(CC)C1CCN(C(=NC)NCCOc2ncccc2C(F)(F)F)C1. The molecule has 1 aromatic heterocycles. The van der Waals surface area contributed by atoms with E-state index in [-0.39, 0.29) is 6.61 Å². The van der Waals surface area contributed by atoms with E-state index in [1.54, 1.807) is 7.05 Å². The van der Waals surface area contributed by atoms with Crippen LogP contribution in [-0.4, -0.2) is 73.2 Å². The van der Waals surface area contributed by atoms with Crippen LogP contribution in [0.3, 0.4) is 0 Å². The minimum Gasteiger partial charge on any atom is -0.475 e. The third kappa shape index (κ3) is 5.72. The molecule has 0 bridgehead atoms. The molecular weight excluding hydrogens is 359 g/mol. The number of halogens is 3. The molecule has 0 amide bonds. The van der Waals surface area contributed by atoms with Crippen LogP contribution >= 0.6 is 0 Å². The molecule has 2 heterocycles. The molecule has 6 nitrogen and oxygen atoms in total. The highest BCUT2D eigenvalue weighted by molar-refractivity contribution is 5.80. The molecule has 27 heavy (non-hydrogen) atoms. The maximum absolute atomic E-state index is 12.9. The summed E-state index contributed by atoms with van der Waals surface area (Å²) in [5, 5.41) is 3.16. The summed E-state index contributed by atoms with van der Waals surface area (Å²) in [6, 6.07) is 2.71. The van der Waals surface area contributed by atoms with Crippen LogP contribution in [0.4, 0.5) is 13.2 Å². The van der Waals surface area contributed by atoms with Crippen molar-refractivity contribution in [3.05, 3.63) is 23.9 Å². The molecule has 152 valence electrons. The van der Waals surface area contributed by atoms with Gasteiger partial charge in [-0.2, -0.15) is 13.2 Å². The van der Waals surface area contributed by atoms with Crippen molar-refractivity contribution >= 4 is 5.96 Å². The molecule has 0 aliphatic carbocycles. The Hall–Kier alpha value is -2.03. The summed E-state index contributed by atoms with van der Waals surface area (Å²) >= 11 is 0. The number of nitrogens with zero attached hydrogens (tertiary/aromatic N) is 4. The number of hydrogen-bond acceptors (Lipinski definition) is 4. The Kier molecular flexibility index (Phi) is 7.70. The molecular formula is C18H28F3N5O. The van der Waals surface area contributed by atoms with Crippen molar-refractivity contribution in [1.82, 2.24) is 20.1 Å². The molecule has 0 radical (unpaired) electrons. The first-order chi connectivity index (χ1) is 12.9. The largest absolute Gasteiger partial charge is 0.475 e. The van der Waals surface area contributed by atoms with E-state index in [0.717, 1.165) is 44.6 Å². The maximum Gasteiger partial charge on any atom is 0.421 e. The van der Waals surface area contributed by atoms with E-state index < -0.39 is 17.6 Å². The molecule has 2 rings (SSSR count). The molecule has 1 fully saturated rings. The normalized spacial score (nSPS) is 18.3. The molecule has 1 N–H and O–H groups in total. The second-order valence-corrected chi connectivity index (χ2v) is 6.29. The van der Waals surface area contributed by atoms with Crippen molar-refractivity contribution < 1.29 is 17.9 Å². The number of alkyl halides is 3. The Bertz CT molecular complexity index is 619. The second-order valence-electron chi connectivity index (χ2n) is 6.29. The van der Waals surface area contributed by atoms with E-state index in [2.05, 4.69) is 38.9 Å². The third-order valence-electron chi connectivity index (χ3n) is 4.70. The van der Waals surface area contributed by atoms with E-state index in [1.807, 2.05) is 0 Å². The minimum absolute atomic E-state index is 0.0619. The first-order valence-electron chi connectivity index (χ1n) is 9.25. The fourth-order valence-corrected chi connectivity index (χ4v) is 3.34. The molecule has 0 spiro atoms. The van der Waals surface area contributed by atoms with Crippen molar-refractivity contribution in [2.45, 2.75) is 32.5 Å². The zero-order valence-electron chi connectivity index (χ0n) is 16.1. The Labute approximate surface area is 158 Å². The molecule has 1 unspecified atom stereocenters. The molecule has 0 saturated carbocycles. The molecule has 1 aliphatic rings. The average Bonchev–Trinajstić information content (AvgIpc) is 3.12. The van der Waals surface area contributed by atoms with Crippen LogP contribution in [0, 0.1) is 0 Å². The quantitative estimate of drug-likeness (QED) is 0.443. The van der Waals surface area contributed by atoms with Crippen molar-refractivity contribution in [2.24, 2.45) is 4.99 Å². The van der Waals surface area contributed by atoms with Gasteiger partial charge in [-0.25, -0.2) is 4.98 Å². The Morgan fingerprint density at radius 1 is 1.41 bits per heavy atom. The highest BCUT2D eigenvalue weighted by Gasteiger charge is 2.35. The minimum atomic E-state index is -4.48. The lowest BCUT2D eigenvalue weighted by atomic mass is 10.2. The third-order valence-corrected chi connectivity index (χ3v) is 4.70. The van der Waals surface area contributed by atoms with Crippen molar-refractivity contribution in [3.63, 3.8) is 0 Å². The predicted octanol–water partition coefficient (Wildman–Crippen LogP) is 2.47. The van der Waals surface area contributed by atoms with Gasteiger partial charge in [-0.3, -0.25) is 9.89 Å². The first kappa shape index (κ1) is 21.3. The number of hydrogen-bond donors (Lipinski definition) is 1. The summed E-state index contributed by atoms with van der Waals surface area (Å²) in [6.45, 7) is 8.54. The van der Waals surface area contributed by atoms with Gasteiger partial charge in [0.25, 0.3) is 0 Å². The first-order valence-corrected chi connectivity index (χ1v) is 9.25. The van der Waals surface area contributed by atoms with Gasteiger partial charge in [0.1, 0.15) is 12.2 Å². The topological polar surface area (TPSA) is 53.0 Å². The van der Waals surface area contributed by atoms with Gasteiger partial charge < -0.3 is 15.0 Å². The molecule has 1 aromatic rings. The zero-order chi connectivity index (χ0) is 19.9. The number of ether oxygens (including phenoxy) is 1. The number of rotatable bonds is 7. The number of likely N-dealkylation sites (N-methyl/N-ethyl adjacent to an activating group) is 1. The summed E-state index contributed by atoms with van der Waals surface area (Å²) in [5.41, 5.74) is -0.865. The standard InChI is InChI=1S/C18H28F3N5O/c1-4-25(5-2)14-8-11-26(13-14)17(22-3)24-10-12-27-16-15(18(19,20)21)7-6-9-23-16/h6-7,9,14H,4-5,8,10-13H2,1-3H3,(H,22,24). The van der Waals surface area contributed by atoms with E-state index in [0.29, 0.717) is 12.6 Å². The predicted molar refractivity (Wildman–Crippen MR) is 99.0 cm³/mol. The lowest BCUT2D eigenvalue weighted by molar-refractivity contribution is -0.139. The zero-order valence-corrected chi connectivity index (χ0v) is 16.1. The Morgan fingerprint density at radius 3 is 2.78 bits per heavy atom. The van der Waals surface area contributed by atoms with Gasteiger partial charge in [0, 0.05) is 32.4 Å². The summed E-state index contributed by atoms with van der Waals surface area (Å²) < 4.78 is 44.1. The molecule has 1 atom stereocenters. The maximum atomic E-state index is 12.9. The van der Waals surface area contributed by atoms with Gasteiger partial charge in [-0.05, 0) is 31.6 Å². The number of nitrogens with one attached hydrogen (secondary N) is 1. The lowest BCUT2D eigenvalue weighted by Gasteiger charge is -2.27. The summed E-state index contributed by atoms with van der Waals surface area (Å²) in [7, 11) is 1.70. The summed E-state index contributed by atoms with van der Waals surface area (Å²) in [5.74, 6) is 0.342. The summed E-state index contributed by atoms with van der Waals surface area (Å²) in [4.78, 5) is 12.6. The number of aliphatic imine (C=N–C) groups is 1. The van der Waals surface area contributed by atoms with Gasteiger partial charge in [0.05, 0.1) is 6.54 Å². The fourth-order valence-electron chi connectivity index (χ4n) is 3.34. The highest BCUT2D eigenvalue weighted by atomic mass is 19.4. The number of aromatic nitrogens is 1. The van der Waals surface area contributed by atoms with Crippen LogP contribution < -0.4 is 10.1 Å². The lowest BCUT2D eigenvalue weighted by Crippen LogP contribution is -2.44. The number of likely N-dealkylation sites (tertiary alicyclic amines) is 1. The van der Waals surface area contributed by atoms with Crippen LogP contribution in [0.15, 0.2) is 23.3 Å². The van der Waals surface area contributed by atoms with Crippen molar-refractivity contribution in [3.8, 4) is 5.88 Å². The van der Waals surface area contributed by atoms with Gasteiger partial charge >= 0.3 is 6.18 Å². The summed E-state index contributed by atoms with van der Waals surface area (Å²) in [6.07, 6.45) is -2.13. The molecule has 0 aromatic carbocycles. The van der Waals surface area contributed by atoms with E-state index in [9.17, 15) is 13.2 Å². The van der Waals surface area contributed by atoms with Gasteiger partial charge in [-0.1, -0.05) is 13.8 Å². The molecule has 1 aliphatic heterocycles. The second kappa shape index (κ2) is 9.77. The monoisotopic (exact) mass is 387 g/mol. The van der Waals surface area contributed by atoms with Gasteiger partial charge in [0.2, 0.25) is 5.88 Å². The van der Waals surface area contributed by atoms with Gasteiger partial charge in [-0.15, -0.1) is 0 Å². The van der Waals surface area contributed by atoms with Crippen LogP contribution in [0.5, 0.6) is 5.88 Å².